The minimum Gasteiger partial charge on any atom is -0.487 e. The van der Waals surface area contributed by atoms with Gasteiger partial charge in [-0.05, 0) is 26.8 Å². The second-order valence-corrected chi connectivity index (χ2v) is 6.70. The van der Waals surface area contributed by atoms with Gasteiger partial charge >= 0.3 is 0 Å². The van der Waals surface area contributed by atoms with Gasteiger partial charge in [0.1, 0.15) is 12.4 Å². The Bertz CT molecular complexity index is 765. The van der Waals surface area contributed by atoms with Gasteiger partial charge in [-0.15, -0.1) is 4.91 Å². The lowest BCUT2D eigenvalue weighted by Gasteiger charge is -2.23. The summed E-state index contributed by atoms with van der Waals surface area (Å²) in [6.07, 6.45) is 1.10. The van der Waals surface area contributed by atoms with Crippen LogP contribution in [0.3, 0.4) is 0 Å². The summed E-state index contributed by atoms with van der Waals surface area (Å²) in [6, 6.07) is 7.24. The lowest BCUT2D eigenvalue weighted by Crippen LogP contribution is -2.43. The average molecular weight is 333 g/mol. The van der Waals surface area contributed by atoms with Gasteiger partial charge in [0.05, 0.1) is 5.39 Å². The molecule has 2 aromatic rings. The number of fused-ring (bicyclic) bond motifs is 1. The molecular formula is C17H23N3O4. The molecule has 0 aliphatic carbocycles. The third-order valence-electron chi connectivity index (χ3n) is 3.53. The van der Waals surface area contributed by atoms with E-state index in [4.69, 9.17) is 9.57 Å². The van der Waals surface area contributed by atoms with E-state index >= 15 is 0 Å². The first-order chi connectivity index (χ1) is 11.3. The zero-order valence-electron chi connectivity index (χ0n) is 14.4. The molecule has 0 aliphatic rings. The SMILES string of the molecule is Cn1cc(OCC(CNC(C)(C)C)ON=O)c2ccccc2c1=O. The van der Waals surface area contributed by atoms with Gasteiger partial charge < -0.3 is 19.5 Å². The van der Waals surface area contributed by atoms with Crippen molar-refractivity contribution >= 4 is 10.8 Å². The standard InChI is InChI=1S/C17H23N3O4/c1-17(2,3)18-9-12(24-19-22)11-23-15-10-20(4)16(21)14-8-6-5-7-13(14)15/h5-8,10,12,18H,9,11H2,1-4H3. The number of hydrogen-bond donors (Lipinski definition) is 1. The smallest absolute Gasteiger partial charge is 0.258 e. The highest BCUT2D eigenvalue weighted by atomic mass is 16.7. The molecule has 1 unspecified atom stereocenters. The van der Waals surface area contributed by atoms with Crippen LogP contribution in [0.4, 0.5) is 0 Å². The predicted octanol–water partition coefficient (Wildman–Crippen LogP) is 2.37. The number of rotatable bonds is 7. The lowest BCUT2D eigenvalue weighted by atomic mass is 10.1. The molecule has 1 aromatic heterocycles. The van der Waals surface area contributed by atoms with Crippen molar-refractivity contribution in [2.45, 2.75) is 32.4 Å². The van der Waals surface area contributed by atoms with Crippen LogP contribution in [-0.4, -0.2) is 29.4 Å². The second kappa shape index (κ2) is 7.44. The van der Waals surface area contributed by atoms with Crippen molar-refractivity contribution in [3.8, 4) is 5.75 Å². The molecule has 2 rings (SSSR count). The fourth-order valence-electron chi connectivity index (χ4n) is 2.28. The van der Waals surface area contributed by atoms with Gasteiger partial charge in [-0.2, -0.15) is 0 Å². The summed E-state index contributed by atoms with van der Waals surface area (Å²) in [5.41, 5.74) is -0.205. The van der Waals surface area contributed by atoms with Gasteiger partial charge in [-0.25, -0.2) is 0 Å². The summed E-state index contributed by atoms with van der Waals surface area (Å²) in [4.78, 5) is 27.5. The summed E-state index contributed by atoms with van der Waals surface area (Å²) >= 11 is 0. The van der Waals surface area contributed by atoms with E-state index < -0.39 is 6.10 Å². The lowest BCUT2D eigenvalue weighted by molar-refractivity contribution is 0.0185. The largest absolute Gasteiger partial charge is 0.487 e. The van der Waals surface area contributed by atoms with Crippen molar-refractivity contribution in [3.05, 3.63) is 45.7 Å². The third-order valence-corrected chi connectivity index (χ3v) is 3.53. The van der Waals surface area contributed by atoms with Crippen LogP contribution in [0.2, 0.25) is 0 Å². The number of hydrogen-bond acceptors (Lipinski definition) is 6. The number of ether oxygens (including phenoxy) is 1. The fourth-order valence-corrected chi connectivity index (χ4v) is 2.28. The highest BCUT2D eigenvalue weighted by Gasteiger charge is 2.18. The molecule has 7 nitrogen and oxygen atoms in total. The molecule has 0 saturated carbocycles. The maximum Gasteiger partial charge on any atom is 0.258 e. The van der Waals surface area contributed by atoms with Crippen LogP contribution in [0, 0.1) is 4.91 Å². The Balaban J connectivity index is 2.17. The van der Waals surface area contributed by atoms with Gasteiger partial charge in [0, 0.05) is 30.7 Å². The van der Waals surface area contributed by atoms with Crippen LogP contribution in [-0.2, 0) is 11.9 Å². The Morgan fingerprint density at radius 3 is 2.54 bits per heavy atom. The molecule has 1 aromatic carbocycles. The van der Waals surface area contributed by atoms with E-state index in [-0.39, 0.29) is 17.7 Å². The highest BCUT2D eigenvalue weighted by Crippen LogP contribution is 2.22. The molecule has 0 spiro atoms. The maximum absolute atomic E-state index is 12.2. The summed E-state index contributed by atoms with van der Waals surface area (Å²) < 4.78 is 7.28. The Morgan fingerprint density at radius 1 is 1.25 bits per heavy atom. The second-order valence-electron chi connectivity index (χ2n) is 6.70. The molecule has 0 saturated heterocycles. The third kappa shape index (κ3) is 4.55. The molecule has 1 N–H and O–H groups in total. The Labute approximate surface area is 140 Å². The van der Waals surface area contributed by atoms with Crippen molar-refractivity contribution in [3.63, 3.8) is 0 Å². The number of nitrogens with one attached hydrogen (secondary N) is 1. The van der Waals surface area contributed by atoms with Crippen LogP contribution in [0.5, 0.6) is 5.75 Å². The van der Waals surface area contributed by atoms with E-state index in [1.165, 1.54) is 4.57 Å². The van der Waals surface area contributed by atoms with Crippen LogP contribution in [0.15, 0.2) is 40.6 Å². The topological polar surface area (TPSA) is 81.9 Å². The molecule has 1 heterocycles. The number of aromatic nitrogens is 1. The fraction of sp³-hybridized carbons (Fsp3) is 0.471. The summed E-state index contributed by atoms with van der Waals surface area (Å²) in [5, 5.41) is 7.06. The van der Waals surface area contributed by atoms with E-state index in [1.54, 1.807) is 19.3 Å². The first-order valence-electron chi connectivity index (χ1n) is 7.76. The number of benzene rings is 1. The molecular weight excluding hydrogens is 310 g/mol. The Morgan fingerprint density at radius 2 is 1.92 bits per heavy atom. The van der Waals surface area contributed by atoms with Gasteiger partial charge in [0.15, 0.2) is 11.4 Å². The number of nitrogens with zero attached hydrogens (tertiary/aromatic N) is 2. The molecule has 24 heavy (non-hydrogen) atoms. The average Bonchev–Trinajstić information content (AvgIpc) is 2.53. The van der Waals surface area contributed by atoms with Gasteiger partial charge in [-0.1, -0.05) is 18.2 Å². The van der Waals surface area contributed by atoms with Crippen molar-refractivity contribution in [1.29, 1.82) is 0 Å². The van der Waals surface area contributed by atoms with Crippen molar-refractivity contribution < 1.29 is 9.57 Å². The van der Waals surface area contributed by atoms with Gasteiger partial charge in [0.2, 0.25) is 0 Å². The number of pyridine rings is 1. The van der Waals surface area contributed by atoms with Crippen LogP contribution < -0.4 is 15.6 Å². The molecule has 0 aliphatic heterocycles. The normalized spacial score (nSPS) is 12.8. The maximum atomic E-state index is 12.2. The van der Waals surface area contributed by atoms with E-state index in [0.29, 0.717) is 17.7 Å². The zero-order valence-corrected chi connectivity index (χ0v) is 14.4. The van der Waals surface area contributed by atoms with Crippen LogP contribution >= 0.6 is 0 Å². The monoisotopic (exact) mass is 333 g/mol. The molecule has 0 radical (unpaired) electrons. The Kier molecular flexibility index (Phi) is 5.56. The van der Waals surface area contributed by atoms with E-state index in [0.717, 1.165) is 5.39 Å². The van der Waals surface area contributed by atoms with Crippen molar-refractivity contribution in [2.75, 3.05) is 13.2 Å². The quantitative estimate of drug-likeness (QED) is 0.621. The minimum atomic E-state index is -0.530. The summed E-state index contributed by atoms with van der Waals surface area (Å²) in [5.74, 6) is 0.558. The molecule has 0 amide bonds. The first-order valence-corrected chi connectivity index (χ1v) is 7.76. The summed E-state index contributed by atoms with van der Waals surface area (Å²) in [6.45, 7) is 6.59. The molecule has 0 fully saturated rings. The highest BCUT2D eigenvalue weighted by molar-refractivity contribution is 5.87. The zero-order chi connectivity index (χ0) is 17.7. The molecule has 1 atom stereocenters. The number of aryl methyl sites for hydroxylation is 1. The van der Waals surface area contributed by atoms with Crippen LogP contribution in [0.25, 0.3) is 10.8 Å². The van der Waals surface area contributed by atoms with E-state index in [2.05, 4.69) is 10.7 Å². The van der Waals surface area contributed by atoms with Crippen LogP contribution in [0.1, 0.15) is 20.8 Å². The summed E-state index contributed by atoms with van der Waals surface area (Å²) in [7, 11) is 1.67. The molecule has 130 valence electrons. The minimum absolute atomic E-state index is 0.0882. The first kappa shape index (κ1) is 17.9. The Hall–Kier alpha value is -2.41. The van der Waals surface area contributed by atoms with E-state index in [9.17, 15) is 9.70 Å². The van der Waals surface area contributed by atoms with E-state index in [1.807, 2.05) is 39.0 Å². The van der Waals surface area contributed by atoms with Crippen molar-refractivity contribution in [1.82, 2.24) is 9.88 Å². The molecule has 0 bridgehead atoms. The van der Waals surface area contributed by atoms with Gasteiger partial charge in [0.25, 0.3) is 5.56 Å². The molecule has 7 heteroatoms. The van der Waals surface area contributed by atoms with Gasteiger partial charge in [-0.3, -0.25) is 4.79 Å². The predicted molar refractivity (Wildman–Crippen MR) is 93.1 cm³/mol. The van der Waals surface area contributed by atoms with Crippen molar-refractivity contribution in [2.24, 2.45) is 12.4 Å².